The second-order valence-corrected chi connectivity index (χ2v) is 9.57. The predicted molar refractivity (Wildman–Crippen MR) is 160 cm³/mol. The van der Waals surface area contributed by atoms with Crippen molar-refractivity contribution in [1.29, 1.82) is 0 Å². The summed E-state index contributed by atoms with van der Waals surface area (Å²) < 4.78 is 4.65. The molecule has 0 saturated carbocycles. The molecule has 0 aliphatic heterocycles. The molecule has 0 aliphatic carbocycles. The van der Waals surface area contributed by atoms with Gasteiger partial charge in [-0.25, -0.2) is 9.69 Å². The number of nitrogens with zero attached hydrogens (tertiary/aromatic N) is 5. The number of anilines is 2. The zero-order valence-electron chi connectivity index (χ0n) is 21.0. The molecule has 5 nitrogen and oxygen atoms in total. The van der Waals surface area contributed by atoms with Gasteiger partial charge in [0, 0.05) is 28.9 Å². The lowest BCUT2D eigenvalue weighted by atomic mass is 10.2. The van der Waals surface area contributed by atoms with E-state index in [1.54, 1.807) is 0 Å². The summed E-state index contributed by atoms with van der Waals surface area (Å²) in [4.78, 5) is 9.91. The number of hydrogen-bond donors (Lipinski definition) is 0. The minimum atomic E-state index is 0.938. The van der Waals surface area contributed by atoms with E-state index in [9.17, 15) is 0 Å². The van der Waals surface area contributed by atoms with Gasteiger partial charge in [0.25, 0.3) is 0 Å². The van der Waals surface area contributed by atoms with E-state index in [4.69, 9.17) is 9.97 Å². The Labute approximate surface area is 224 Å². The summed E-state index contributed by atoms with van der Waals surface area (Å²) in [5.74, 6) is 0. The fourth-order valence-corrected chi connectivity index (χ4v) is 5.74. The first-order chi connectivity index (χ1) is 19.4. The van der Waals surface area contributed by atoms with Crippen molar-refractivity contribution in [2.45, 2.75) is 0 Å². The lowest BCUT2D eigenvalue weighted by Crippen LogP contribution is -2.24. The number of benzene rings is 4. The van der Waals surface area contributed by atoms with E-state index in [2.05, 4.69) is 136 Å². The maximum atomic E-state index is 5.08. The molecular formula is C34H23N5. The van der Waals surface area contributed by atoms with E-state index < -0.39 is 0 Å². The van der Waals surface area contributed by atoms with Crippen LogP contribution >= 0.6 is 0 Å². The van der Waals surface area contributed by atoms with E-state index in [-0.39, 0.29) is 0 Å². The maximum absolute atomic E-state index is 5.08. The van der Waals surface area contributed by atoms with Crippen LogP contribution in [0.4, 0.5) is 11.4 Å². The summed E-state index contributed by atoms with van der Waals surface area (Å²) in [5.41, 5.74) is 9.34. The SMILES string of the molecule is c1ccc(N(c2ccccc2)n2c3ccccc3c3ncc4c5ncccc5n(-c5ccccc5)c4c32)cc1. The van der Waals surface area contributed by atoms with Gasteiger partial charge in [0.2, 0.25) is 0 Å². The number of aromatic nitrogens is 4. The summed E-state index contributed by atoms with van der Waals surface area (Å²) in [6, 6.07) is 44.2. The Hall–Kier alpha value is -5.42. The lowest BCUT2D eigenvalue weighted by molar-refractivity contribution is 0.886. The molecule has 184 valence electrons. The van der Waals surface area contributed by atoms with Crippen molar-refractivity contribution in [3.8, 4) is 5.69 Å². The van der Waals surface area contributed by atoms with Crippen LogP contribution in [0.15, 0.2) is 140 Å². The van der Waals surface area contributed by atoms with Crippen LogP contribution in [0.1, 0.15) is 0 Å². The molecule has 0 N–H and O–H groups in total. The largest absolute Gasteiger partial charge is 0.305 e. The third kappa shape index (κ3) is 3.20. The van der Waals surface area contributed by atoms with E-state index in [0.29, 0.717) is 0 Å². The molecule has 39 heavy (non-hydrogen) atoms. The summed E-state index contributed by atoms with van der Waals surface area (Å²) >= 11 is 0. The molecule has 4 heterocycles. The summed E-state index contributed by atoms with van der Waals surface area (Å²) in [5, 5.41) is 4.41. The van der Waals surface area contributed by atoms with Crippen molar-refractivity contribution in [3.63, 3.8) is 0 Å². The quantitative estimate of drug-likeness (QED) is 0.244. The topological polar surface area (TPSA) is 38.9 Å². The molecule has 0 amide bonds. The van der Waals surface area contributed by atoms with Crippen molar-refractivity contribution < 1.29 is 0 Å². The standard InChI is InChI=1S/C34H23N5/c1-4-13-24(14-5-1)37-30-21-12-22-35-31(30)28-23-36-32-27-19-10-11-20-29(27)39(34(32)33(28)37)38(25-15-6-2-7-16-25)26-17-8-3-9-18-26/h1-23H. The molecular weight excluding hydrogens is 478 g/mol. The maximum Gasteiger partial charge on any atom is 0.115 e. The highest BCUT2D eigenvalue weighted by Crippen LogP contribution is 2.41. The first-order valence-corrected chi connectivity index (χ1v) is 13.0. The Balaban J connectivity index is 1.63. The van der Waals surface area contributed by atoms with Crippen LogP contribution < -0.4 is 5.01 Å². The molecule has 0 radical (unpaired) electrons. The monoisotopic (exact) mass is 501 g/mol. The van der Waals surface area contributed by atoms with Crippen LogP contribution in [0.2, 0.25) is 0 Å². The van der Waals surface area contributed by atoms with E-state index in [1.165, 1.54) is 0 Å². The summed E-state index contributed by atoms with van der Waals surface area (Å²) in [6.45, 7) is 0. The van der Waals surface area contributed by atoms with Crippen molar-refractivity contribution in [3.05, 3.63) is 140 Å². The second-order valence-electron chi connectivity index (χ2n) is 9.57. The normalized spacial score (nSPS) is 11.6. The highest BCUT2D eigenvalue weighted by Gasteiger charge is 2.25. The zero-order chi connectivity index (χ0) is 25.8. The highest BCUT2D eigenvalue weighted by atomic mass is 15.6. The molecule has 8 aromatic rings. The Morgan fingerprint density at radius 1 is 0.487 bits per heavy atom. The number of pyridine rings is 2. The molecule has 0 saturated heterocycles. The second kappa shape index (κ2) is 8.57. The minimum absolute atomic E-state index is 0.938. The van der Waals surface area contributed by atoms with Crippen molar-refractivity contribution in [2.75, 3.05) is 5.01 Å². The fourth-order valence-electron chi connectivity index (χ4n) is 5.74. The van der Waals surface area contributed by atoms with E-state index >= 15 is 0 Å². The molecule has 4 aromatic heterocycles. The molecule has 4 aromatic carbocycles. The van der Waals surface area contributed by atoms with Gasteiger partial charge in [0.1, 0.15) is 11.0 Å². The smallest absolute Gasteiger partial charge is 0.115 e. The van der Waals surface area contributed by atoms with Crippen LogP contribution in [0.5, 0.6) is 0 Å². The van der Waals surface area contributed by atoms with Gasteiger partial charge in [0.15, 0.2) is 0 Å². The lowest BCUT2D eigenvalue weighted by Gasteiger charge is -2.28. The molecule has 0 aliphatic rings. The van der Waals surface area contributed by atoms with Gasteiger partial charge >= 0.3 is 0 Å². The molecule has 0 fully saturated rings. The van der Waals surface area contributed by atoms with Crippen LogP contribution in [0.25, 0.3) is 49.6 Å². The number of hydrogen-bond acceptors (Lipinski definition) is 3. The minimum Gasteiger partial charge on any atom is -0.305 e. The van der Waals surface area contributed by atoms with Gasteiger partial charge in [0.05, 0.1) is 33.4 Å². The van der Waals surface area contributed by atoms with Crippen molar-refractivity contribution in [1.82, 2.24) is 19.2 Å². The van der Waals surface area contributed by atoms with Crippen molar-refractivity contribution in [2.24, 2.45) is 0 Å². The Bertz CT molecular complexity index is 2070. The number of rotatable bonds is 4. The highest BCUT2D eigenvalue weighted by molar-refractivity contribution is 6.21. The van der Waals surface area contributed by atoms with E-state index in [0.717, 1.165) is 60.9 Å². The molecule has 8 rings (SSSR count). The fraction of sp³-hybridized carbons (Fsp3) is 0. The van der Waals surface area contributed by atoms with Crippen molar-refractivity contribution >= 4 is 55.2 Å². The van der Waals surface area contributed by atoms with Crippen LogP contribution in [-0.4, -0.2) is 19.2 Å². The predicted octanol–water partition coefficient (Wildman–Crippen LogP) is 8.28. The summed E-state index contributed by atoms with van der Waals surface area (Å²) in [7, 11) is 0. The van der Waals surface area contributed by atoms with Crippen LogP contribution in [0.3, 0.4) is 0 Å². The number of para-hydroxylation sites is 4. The van der Waals surface area contributed by atoms with Gasteiger partial charge in [-0.3, -0.25) is 9.97 Å². The molecule has 5 heteroatoms. The molecule has 0 unspecified atom stereocenters. The Morgan fingerprint density at radius 3 is 1.82 bits per heavy atom. The Kier molecular flexibility index (Phi) is 4.76. The molecule has 0 atom stereocenters. The van der Waals surface area contributed by atoms with Gasteiger partial charge < -0.3 is 4.57 Å². The third-order valence-corrected chi connectivity index (χ3v) is 7.35. The average Bonchev–Trinajstić information content (AvgIpc) is 3.52. The van der Waals surface area contributed by atoms with Gasteiger partial charge in [-0.2, -0.15) is 0 Å². The van der Waals surface area contributed by atoms with Gasteiger partial charge in [-0.1, -0.05) is 72.8 Å². The van der Waals surface area contributed by atoms with Gasteiger partial charge in [-0.05, 0) is 54.6 Å². The van der Waals surface area contributed by atoms with Crippen LogP contribution in [0, 0.1) is 0 Å². The zero-order valence-corrected chi connectivity index (χ0v) is 21.0. The van der Waals surface area contributed by atoms with E-state index in [1.807, 2.05) is 18.5 Å². The van der Waals surface area contributed by atoms with Gasteiger partial charge in [-0.15, -0.1) is 0 Å². The van der Waals surface area contributed by atoms with Crippen LogP contribution in [-0.2, 0) is 0 Å². The third-order valence-electron chi connectivity index (χ3n) is 7.35. The Morgan fingerprint density at radius 2 is 1.10 bits per heavy atom. The first kappa shape index (κ1) is 21.6. The summed E-state index contributed by atoms with van der Waals surface area (Å²) in [6.07, 6.45) is 3.84. The average molecular weight is 502 g/mol. The number of fused-ring (bicyclic) bond motifs is 7. The molecule has 0 spiro atoms. The first-order valence-electron chi connectivity index (χ1n) is 13.0. The molecule has 0 bridgehead atoms.